The summed E-state index contributed by atoms with van der Waals surface area (Å²) in [5.74, 6) is 2.04. The van der Waals surface area contributed by atoms with E-state index in [9.17, 15) is 0 Å². The number of benzene rings is 1. The zero-order valence-corrected chi connectivity index (χ0v) is 10.3. The number of anilines is 1. The van der Waals surface area contributed by atoms with Gasteiger partial charge in [0.25, 0.3) is 0 Å². The van der Waals surface area contributed by atoms with Gasteiger partial charge in [-0.15, -0.1) is 10.2 Å². The Morgan fingerprint density at radius 3 is 2.47 bits per heavy atom. The van der Waals surface area contributed by atoms with E-state index in [2.05, 4.69) is 33.8 Å². The van der Waals surface area contributed by atoms with E-state index in [0.29, 0.717) is 0 Å². The van der Waals surface area contributed by atoms with E-state index in [1.165, 1.54) is 5.56 Å². The zero-order chi connectivity index (χ0) is 12.3. The van der Waals surface area contributed by atoms with Crippen LogP contribution >= 0.6 is 0 Å². The molecule has 1 aromatic carbocycles. The largest absolute Gasteiger partial charge is 0.399 e. The van der Waals surface area contributed by atoms with E-state index >= 15 is 0 Å². The molecule has 4 heteroatoms. The van der Waals surface area contributed by atoms with Crippen molar-refractivity contribution in [2.75, 3.05) is 5.73 Å². The third kappa shape index (κ3) is 2.64. The molecule has 0 aliphatic heterocycles. The molecule has 2 aromatic rings. The minimum atomic E-state index is 0.807. The van der Waals surface area contributed by atoms with E-state index in [4.69, 9.17) is 5.73 Å². The Hall–Kier alpha value is -1.84. The average molecular weight is 230 g/mol. The first-order valence-corrected chi connectivity index (χ1v) is 5.93. The van der Waals surface area contributed by atoms with Gasteiger partial charge in [-0.1, -0.05) is 12.1 Å². The molecule has 0 spiro atoms. The summed E-state index contributed by atoms with van der Waals surface area (Å²) in [6.07, 6.45) is 1.89. The van der Waals surface area contributed by atoms with Gasteiger partial charge in [0.1, 0.15) is 11.6 Å². The Morgan fingerprint density at radius 2 is 1.82 bits per heavy atom. The van der Waals surface area contributed by atoms with Gasteiger partial charge in [0, 0.05) is 18.7 Å². The van der Waals surface area contributed by atoms with Crippen LogP contribution in [0.5, 0.6) is 0 Å². The summed E-state index contributed by atoms with van der Waals surface area (Å²) < 4.78 is 2.15. The van der Waals surface area contributed by atoms with Crippen LogP contribution in [0.1, 0.15) is 24.1 Å². The van der Waals surface area contributed by atoms with Crippen molar-refractivity contribution in [3.63, 3.8) is 0 Å². The molecular weight excluding hydrogens is 212 g/mol. The van der Waals surface area contributed by atoms with Crippen molar-refractivity contribution in [3.8, 4) is 0 Å². The molecule has 4 nitrogen and oxygen atoms in total. The van der Waals surface area contributed by atoms with E-state index in [1.54, 1.807) is 0 Å². The molecule has 90 valence electrons. The van der Waals surface area contributed by atoms with Crippen LogP contribution < -0.4 is 5.73 Å². The van der Waals surface area contributed by atoms with E-state index < -0.39 is 0 Å². The van der Waals surface area contributed by atoms with Crippen LogP contribution in [0.15, 0.2) is 24.3 Å². The monoisotopic (exact) mass is 230 g/mol. The number of nitrogen functional groups attached to an aromatic ring is 1. The lowest BCUT2D eigenvalue weighted by molar-refractivity contribution is 0.672. The summed E-state index contributed by atoms with van der Waals surface area (Å²) in [5, 5.41) is 8.31. The highest BCUT2D eigenvalue weighted by atomic mass is 15.3. The minimum absolute atomic E-state index is 0.807. The first kappa shape index (κ1) is 11.6. The number of nitrogens with zero attached hydrogens (tertiary/aromatic N) is 3. The molecule has 1 heterocycles. The molecule has 0 aliphatic rings. The molecule has 0 radical (unpaired) electrons. The Bertz CT molecular complexity index is 485. The third-order valence-electron chi connectivity index (χ3n) is 2.95. The normalized spacial score (nSPS) is 10.7. The predicted molar refractivity (Wildman–Crippen MR) is 68.7 cm³/mol. The quantitative estimate of drug-likeness (QED) is 0.817. The SMILES string of the molecule is CCn1c(C)nnc1CCc1ccc(N)cc1. The van der Waals surface area contributed by atoms with Crippen molar-refractivity contribution in [1.29, 1.82) is 0 Å². The Labute approximate surface area is 101 Å². The molecule has 17 heavy (non-hydrogen) atoms. The van der Waals surface area contributed by atoms with Gasteiger partial charge in [0.05, 0.1) is 0 Å². The fraction of sp³-hybridized carbons (Fsp3) is 0.385. The first-order chi connectivity index (χ1) is 8.20. The number of aryl methyl sites for hydroxylation is 3. The van der Waals surface area contributed by atoms with Crippen LogP contribution in [0.2, 0.25) is 0 Å². The van der Waals surface area contributed by atoms with Gasteiger partial charge >= 0.3 is 0 Å². The van der Waals surface area contributed by atoms with Crippen molar-refractivity contribution in [2.45, 2.75) is 33.2 Å². The summed E-state index contributed by atoms with van der Waals surface area (Å²) >= 11 is 0. The van der Waals surface area contributed by atoms with E-state index in [-0.39, 0.29) is 0 Å². The molecule has 2 rings (SSSR count). The second-order valence-corrected chi connectivity index (χ2v) is 4.15. The number of hydrogen-bond acceptors (Lipinski definition) is 3. The number of nitrogens with two attached hydrogens (primary N) is 1. The molecule has 1 aromatic heterocycles. The van der Waals surface area contributed by atoms with E-state index in [1.807, 2.05) is 19.1 Å². The molecule has 0 aliphatic carbocycles. The summed E-state index contributed by atoms with van der Waals surface area (Å²) in [4.78, 5) is 0. The summed E-state index contributed by atoms with van der Waals surface area (Å²) in [7, 11) is 0. The number of rotatable bonds is 4. The van der Waals surface area contributed by atoms with Gasteiger partial charge in [0.15, 0.2) is 0 Å². The molecule has 0 saturated carbocycles. The lowest BCUT2D eigenvalue weighted by Gasteiger charge is -2.05. The van der Waals surface area contributed by atoms with Crippen molar-refractivity contribution < 1.29 is 0 Å². The topological polar surface area (TPSA) is 56.7 Å². The molecule has 0 fully saturated rings. The Balaban J connectivity index is 2.04. The smallest absolute Gasteiger partial charge is 0.133 e. The molecule has 0 amide bonds. The standard InChI is InChI=1S/C13H18N4/c1-3-17-10(2)15-16-13(17)9-6-11-4-7-12(14)8-5-11/h4-5,7-8H,3,6,9,14H2,1-2H3. The Kier molecular flexibility index (Phi) is 3.42. The summed E-state index contributed by atoms with van der Waals surface area (Å²) in [5.41, 5.74) is 7.74. The lowest BCUT2D eigenvalue weighted by Crippen LogP contribution is -2.05. The van der Waals surface area contributed by atoms with Crippen molar-refractivity contribution in [3.05, 3.63) is 41.5 Å². The number of hydrogen-bond donors (Lipinski definition) is 1. The van der Waals surface area contributed by atoms with Gasteiger partial charge in [-0.2, -0.15) is 0 Å². The average Bonchev–Trinajstić information content (AvgIpc) is 2.69. The Morgan fingerprint density at radius 1 is 1.12 bits per heavy atom. The molecular formula is C13H18N4. The molecule has 0 atom stereocenters. The highest BCUT2D eigenvalue weighted by Gasteiger charge is 2.06. The van der Waals surface area contributed by atoms with Gasteiger partial charge in [-0.3, -0.25) is 0 Å². The second-order valence-electron chi connectivity index (χ2n) is 4.15. The lowest BCUT2D eigenvalue weighted by atomic mass is 10.1. The molecule has 0 saturated heterocycles. The maximum absolute atomic E-state index is 5.66. The fourth-order valence-electron chi connectivity index (χ4n) is 1.96. The second kappa shape index (κ2) is 4.99. The molecule has 2 N–H and O–H groups in total. The highest BCUT2D eigenvalue weighted by Crippen LogP contribution is 2.09. The maximum Gasteiger partial charge on any atom is 0.133 e. The van der Waals surface area contributed by atoms with Gasteiger partial charge in [0.2, 0.25) is 0 Å². The van der Waals surface area contributed by atoms with Crippen LogP contribution in [0.4, 0.5) is 5.69 Å². The van der Waals surface area contributed by atoms with Crippen LogP contribution in [0.25, 0.3) is 0 Å². The highest BCUT2D eigenvalue weighted by molar-refractivity contribution is 5.39. The van der Waals surface area contributed by atoms with Gasteiger partial charge < -0.3 is 10.3 Å². The summed E-state index contributed by atoms with van der Waals surface area (Å²) in [6, 6.07) is 8.00. The van der Waals surface area contributed by atoms with Crippen LogP contribution in [0, 0.1) is 6.92 Å². The van der Waals surface area contributed by atoms with Crippen molar-refractivity contribution >= 4 is 5.69 Å². The van der Waals surface area contributed by atoms with Gasteiger partial charge in [-0.05, 0) is 38.0 Å². The number of aromatic nitrogens is 3. The maximum atomic E-state index is 5.66. The van der Waals surface area contributed by atoms with Crippen molar-refractivity contribution in [1.82, 2.24) is 14.8 Å². The van der Waals surface area contributed by atoms with Crippen LogP contribution in [0.3, 0.4) is 0 Å². The van der Waals surface area contributed by atoms with Gasteiger partial charge in [-0.25, -0.2) is 0 Å². The summed E-state index contributed by atoms with van der Waals surface area (Å²) in [6.45, 7) is 5.03. The van der Waals surface area contributed by atoms with E-state index in [0.717, 1.165) is 36.7 Å². The minimum Gasteiger partial charge on any atom is -0.399 e. The predicted octanol–water partition coefficient (Wildman–Crippen LogP) is 1.97. The fourth-order valence-corrected chi connectivity index (χ4v) is 1.96. The zero-order valence-electron chi connectivity index (χ0n) is 10.3. The third-order valence-corrected chi connectivity index (χ3v) is 2.95. The molecule has 0 bridgehead atoms. The van der Waals surface area contributed by atoms with Crippen LogP contribution in [-0.2, 0) is 19.4 Å². The van der Waals surface area contributed by atoms with Crippen LogP contribution in [-0.4, -0.2) is 14.8 Å². The first-order valence-electron chi connectivity index (χ1n) is 5.93. The molecule has 0 unspecified atom stereocenters. The van der Waals surface area contributed by atoms with Crippen molar-refractivity contribution in [2.24, 2.45) is 0 Å².